The average Bonchev–Trinajstić information content (AvgIpc) is 3.12. The van der Waals surface area contributed by atoms with E-state index in [2.05, 4.69) is 36.0 Å². The Bertz CT molecular complexity index is 2810. The number of carbonyl (C=O) groups is 1. The maximum Gasteiger partial charge on any atom is 0.295 e. The second-order valence-corrected chi connectivity index (χ2v) is 15.2. The predicted octanol–water partition coefficient (Wildman–Crippen LogP) is 10.3. The first kappa shape index (κ1) is 38.2. The predicted molar refractivity (Wildman–Crippen MR) is 208 cm³/mol. The van der Waals surface area contributed by atoms with Gasteiger partial charge in [0, 0.05) is 22.3 Å². The summed E-state index contributed by atoms with van der Waals surface area (Å²) < 4.78 is 66.4. The Morgan fingerprint density at radius 2 is 1.05 bits per heavy atom. The molecule has 278 valence electrons. The van der Waals surface area contributed by atoms with Crippen molar-refractivity contribution in [3.05, 3.63) is 131 Å². The quantitative estimate of drug-likeness (QED) is 0.0591. The van der Waals surface area contributed by atoms with E-state index in [1.165, 1.54) is 18.2 Å². The van der Waals surface area contributed by atoms with Crippen molar-refractivity contribution >= 4 is 82.4 Å². The summed E-state index contributed by atoms with van der Waals surface area (Å²) in [6, 6.07) is 28.5. The van der Waals surface area contributed by atoms with Crippen molar-refractivity contribution < 1.29 is 30.7 Å². The van der Waals surface area contributed by atoms with E-state index < -0.39 is 30.0 Å². The maximum absolute atomic E-state index is 12.6. The first-order valence-corrected chi connectivity index (χ1v) is 19.2. The molecule has 6 aromatic rings. The van der Waals surface area contributed by atoms with Crippen molar-refractivity contribution in [2.45, 2.75) is 30.6 Å². The zero-order chi connectivity index (χ0) is 39.5. The van der Waals surface area contributed by atoms with Crippen LogP contribution in [0.5, 0.6) is 0 Å². The summed E-state index contributed by atoms with van der Waals surface area (Å²) in [7, 11) is -9.59. The fraction of sp³-hybridized carbons (Fsp3) is 0.0789. The third-order valence-corrected chi connectivity index (χ3v) is 9.98. The van der Waals surface area contributed by atoms with Crippen LogP contribution in [0.25, 0.3) is 10.8 Å². The molecule has 0 spiro atoms. The molecule has 1 amide bonds. The minimum absolute atomic E-state index is 0.00922. The van der Waals surface area contributed by atoms with Gasteiger partial charge >= 0.3 is 0 Å². The van der Waals surface area contributed by atoms with E-state index in [-0.39, 0.29) is 22.4 Å². The van der Waals surface area contributed by atoms with E-state index in [0.717, 1.165) is 22.8 Å². The summed E-state index contributed by atoms with van der Waals surface area (Å²) in [5, 5.41) is 28.9. The van der Waals surface area contributed by atoms with Gasteiger partial charge < -0.3 is 11.1 Å². The Kier molecular flexibility index (Phi) is 10.7. The van der Waals surface area contributed by atoms with Crippen molar-refractivity contribution in [2.75, 3.05) is 11.1 Å². The zero-order valence-corrected chi connectivity index (χ0v) is 31.0. The molecule has 5 N–H and O–H groups in total. The highest BCUT2D eigenvalue weighted by molar-refractivity contribution is 7.86. The molecule has 17 heteroatoms. The van der Waals surface area contributed by atoms with Crippen molar-refractivity contribution in [3.63, 3.8) is 0 Å². The number of aryl methyl sites for hydroxylation is 3. The number of rotatable bonds is 10. The van der Waals surface area contributed by atoms with Crippen LogP contribution in [0.2, 0.25) is 0 Å². The molecule has 6 aromatic carbocycles. The molecule has 15 nitrogen and oxygen atoms in total. The Balaban J connectivity index is 1.11. The minimum Gasteiger partial charge on any atom is -0.399 e. The largest absolute Gasteiger partial charge is 0.399 e. The fourth-order valence-electron chi connectivity index (χ4n) is 5.36. The number of nitrogens with zero attached hydrogens (tertiary/aromatic N) is 6. The number of nitrogen functional groups attached to an aromatic ring is 1. The first-order chi connectivity index (χ1) is 26.0. The third-order valence-electron chi connectivity index (χ3n) is 8.26. The van der Waals surface area contributed by atoms with Crippen molar-refractivity contribution in [1.82, 2.24) is 0 Å². The Morgan fingerprint density at radius 1 is 0.564 bits per heavy atom. The molecule has 6 rings (SSSR count). The van der Waals surface area contributed by atoms with Crippen LogP contribution in [0.4, 0.5) is 45.5 Å². The van der Waals surface area contributed by atoms with Crippen LogP contribution < -0.4 is 11.1 Å². The Morgan fingerprint density at radius 3 is 1.55 bits per heavy atom. The smallest absolute Gasteiger partial charge is 0.295 e. The van der Waals surface area contributed by atoms with E-state index in [4.69, 9.17) is 5.73 Å². The van der Waals surface area contributed by atoms with Crippen LogP contribution in [0.1, 0.15) is 27.0 Å². The lowest BCUT2D eigenvalue weighted by Crippen LogP contribution is -2.11. The molecule has 0 fully saturated rings. The van der Waals surface area contributed by atoms with Crippen LogP contribution in [0.3, 0.4) is 0 Å². The molecule has 0 unspecified atom stereocenters. The summed E-state index contributed by atoms with van der Waals surface area (Å²) in [5.41, 5.74) is 12.9. The van der Waals surface area contributed by atoms with Gasteiger partial charge in [0.05, 0.1) is 39.0 Å². The van der Waals surface area contributed by atoms with Gasteiger partial charge in [0.2, 0.25) is 0 Å². The second kappa shape index (κ2) is 15.4. The Hall–Kier alpha value is -6.53. The van der Waals surface area contributed by atoms with Crippen molar-refractivity contribution in [3.8, 4) is 0 Å². The molecule has 0 saturated carbocycles. The summed E-state index contributed by atoms with van der Waals surface area (Å²) in [6.07, 6.45) is 0. The normalized spacial score (nSPS) is 12.3. The van der Waals surface area contributed by atoms with Gasteiger partial charge in [0.25, 0.3) is 26.1 Å². The van der Waals surface area contributed by atoms with E-state index in [9.17, 15) is 30.7 Å². The molecular formula is C38H32N8O7S2. The lowest BCUT2D eigenvalue weighted by molar-refractivity contribution is 0.102. The monoisotopic (exact) mass is 776 g/mol. The highest BCUT2D eigenvalue weighted by Crippen LogP contribution is 2.33. The average molecular weight is 777 g/mol. The number of benzene rings is 6. The highest BCUT2D eigenvalue weighted by Gasteiger charge is 2.21. The van der Waals surface area contributed by atoms with Crippen molar-refractivity contribution in [1.29, 1.82) is 0 Å². The second-order valence-electron chi connectivity index (χ2n) is 12.4. The topological polar surface area (TPSA) is 238 Å². The van der Waals surface area contributed by atoms with E-state index in [0.29, 0.717) is 51.4 Å². The number of nitrogens with two attached hydrogens (primary N) is 1. The van der Waals surface area contributed by atoms with Gasteiger partial charge in [-0.25, -0.2) is 0 Å². The number of amides is 1. The minimum atomic E-state index is -4.85. The molecule has 0 atom stereocenters. The third kappa shape index (κ3) is 9.35. The number of hydrogen-bond donors (Lipinski definition) is 4. The summed E-state index contributed by atoms with van der Waals surface area (Å²) in [4.78, 5) is 11.2. The van der Waals surface area contributed by atoms with Crippen LogP contribution in [0.15, 0.2) is 150 Å². The molecule has 0 saturated heterocycles. The van der Waals surface area contributed by atoms with Gasteiger partial charge in [-0.15, -0.1) is 0 Å². The van der Waals surface area contributed by atoms with Gasteiger partial charge in [-0.05, 0) is 146 Å². The lowest BCUT2D eigenvalue weighted by atomic mass is 10.1. The number of azo groups is 3. The molecule has 0 aliphatic carbocycles. The molecule has 0 heterocycles. The maximum atomic E-state index is 12.6. The number of nitrogens with one attached hydrogen (secondary N) is 1. The van der Waals surface area contributed by atoms with Crippen LogP contribution >= 0.6 is 0 Å². The van der Waals surface area contributed by atoms with Crippen molar-refractivity contribution in [2.24, 2.45) is 30.7 Å². The fourth-order valence-corrected chi connectivity index (χ4v) is 6.70. The van der Waals surface area contributed by atoms with Crippen LogP contribution in [-0.4, -0.2) is 31.8 Å². The molecule has 0 aliphatic heterocycles. The molecular weight excluding hydrogens is 745 g/mol. The van der Waals surface area contributed by atoms with Gasteiger partial charge in [0.15, 0.2) is 0 Å². The summed E-state index contributed by atoms with van der Waals surface area (Å²) >= 11 is 0. The summed E-state index contributed by atoms with van der Waals surface area (Å²) in [5.74, 6) is -0.248. The number of anilines is 2. The van der Waals surface area contributed by atoms with E-state index in [1.54, 1.807) is 73.7 Å². The Labute approximate surface area is 315 Å². The molecule has 0 bridgehead atoms. The first-order valence-electron chi connectivity index (χ1n) is 16.3. The molecule has 0 aromatic heterocycles. The summed E-state index contributed by atoms with van der Waals surface area (Å²) in [6.45, 7) is 5.56. The van der Waals surface area contributed by atoms with Crippen LogP contribution in [0, 0.1) is 20.8 Å². The van der Waals surface area contributed by atoms with E-state index in [1.807, 2.05) is 26.0 Å². The number of carbonyl (C=O) groups excluding carboxylic acids is 1. The standard InChI is InChI=1S/C38H32N8O7S2/c1-22-16-28(40-38(47)25-4-7-27(39)8-5-25)10-13-34(22)44-41-29-11-14-35(23(2)17-29)45-42-30-12-15-36(24(3)18-30)46-43-31-9-6-26-19-32(54(48,49)50)21-37(33(26)20-31)55(51,52)53/h4-21H,39H2,1-3H3,(H,40,47)(H,48,49,50)(H,51,52,53). The van der Waals surface area contributed by atoms with Gasteiger partial charge in [0.1, 0.15) is 4.90 Å². The van der Waals surface area contributed by atoms with Gasteiger partial charge in [-0.1, -0.05) is 6.07 Å². The van der Waals surface area contributed by atoms with E-state index >= 15 is 0 Å². The van der Waals surface area contributed by atoms with Gasteiger partial charge in [-0.3, -0.25) is 13.9 Å². The number of hydrogen-bond acceptors (Lipinski definition) is 12. The number of fused-ring (bicyclic) bond motifs is 1. The SMILES string of the molecule is Cc1cc(N=Nc2ccc(NC(=O)c3ccc(N)cc3)cc2C)ccc1N=Nc1ccc(N=Nc2ccc3cc(S(=O)(=O)O)cc(S(=O)(=O)O)c3c2)c(C)c1. The lowest BCUT2D eigenvalue weighted by Gasteiger charge is -2.08. The molecule has 0 radical (unpaired) electrons. The zero-order valence-electron chi connectivity index (χ0n) is 29.4. The molecule has 0 aliphatic rings. The van der Waals surface area contributed by atoms with Gasteiger partial charge in [-0.2, -0.15) is 47.5 Å². The molecule has 55 heavy (non-hydrogen) atoms. The van der Waals surface area contributed by atoms with Crippen LogP contribution in [-0.2, 0) is 20.2 Å². The highest BCUT2D eigenvalue weighted by atomic mass is 32.2.